The van der Waals surface area contributed by atoms with Crippen LogP contribution in [0.3, 0.4) is 0 Å². The van der Waals surface area contributed by atoms with Gasteiger partial charge in [0.1, 0.15) is 5.82 Å². The number of aliphatic carboxylic acids is 1. The molecule has 6 heteroatoms. The van der Waals surface area contributed by atoms with Gasteiger partial charge in [-0.1, -0.05) is 0 Å². The predicted octanol–water partition coefficient (Wildman–Crippen LogP) is 4.20. The van der Waals surface area contributed by atoms with Crippen LogP contribution < -0.4 is 5.32 Å². The van der Waals surface area contributed by atoms with Crippen LogP contribution in [0.15, 0.2) is 34.8 Å². The molecule has 100 valence electrons. The van der Waals surface area contributed by atoms with Crippen molar-refractivity contribution in [3.05, 3.63) is 50.4 Å². The van der Waals surface area contributed by atoms with Crippen LogP contribution in [0.2, 0.25) is 0 Å². The fourth-order valence-electron chi connectivity index (χ4n) is 1.59. The summed E-state index contributed by atoms with van der Waals surface area (Å²) >= 11 is 4.78. The van der Waals surface area contributed by atoms with E-state index >= 15 is 0 Å². The third kappa shape index (κ3) is 3.33. The van der Waals surface area contributed by atoms with Crippen molar-refractivity contribution in [2.24, 2.45) is 0 Å². The summed E-state index contributed by atoms with van der Waals surface area (Å²) in [6, 6.07) is 6.55. The van der Waals surface area contributed by atoms with Crippen LogP contribution in [0.5, 0.6) is 0 Å². The van der Waals surface area contributed by atoms with E-state index in [4.69, 9.17) is 0 Å². The number of carbonyl (C=O) groups is 1. The topological polar surface area (TPSA) is 49.3 Å². The number of aryl methyl sites for hydroxylation is 1. The average molecular weight is 344 g/mol. The highest BCUT2D eigenvalue weighted by Crippen LogP contribution is 2.32. The van der Waals surface area contributed by atoms with Crippen molar-refractivity contribution in [3.63, 3.8) is 0 Å². The molecular formula is C13H11BrFNO2S. The zero-order valence-corrected chi connectivity index (χ0v) is 12.4. The number of carboxylic acid groups (broad SMARTS) is 1. The van der Waals surface area contributed by atoms with Crippen molar-refractivity contribution >= 4 is 38.9 Å². The van der Waals surface area contributed by atoms with Crippen molar-refractivity contribution in [2.75, 3.05) is 5.32 Å². The van der Waals surface area contributed by atoms with Gasteiger partial charge >= 0.3 is 5.97 Å². The van der Waals surface area contributed by atoms with Crippen molar-refractivity contribution in [3.8, 4) is 0 Å². The number of nitrogens with one attached hydrogen (secondary N) is 1. The molecule has 1 heterocycles. The summed E-state index contributed by atoms with van der Waals surface area (Å²) in [5.41, 5.74) is 0.566. The molecule has 0 fully saturated rings. The number of rotatable bonds is 4. The monoisotopic (exact) mass is 343 g/mol. The molecule has 1 unspecified atom stereocenters. The average Bonchev–Trinajstić information content (AvgIpc) is 2.68. The van der Waals surface area contributed by atoms with Crippen LogP contribution >= 0.6 is 27.3 Å². The second-order valence-electron chi connectivity index (χ2n) is 3.98. The van der Waals surface area contributed by atoms with Crippen LogP contribution in [0.25, 0.3) is 0 Å². The molecule has 2 aromatic rings. The van der Waals surface area contributed by atoms with Gasteiger partial charge in [-0.05, 0) is 53.2 Å². The molecule has 1 atom stereocenters. The van der Waals surface area contributed by atoms with Crippen LogP contribution in [-0.4, -0.2) is 11.1 Å². The lowest BCUT2D eigenvalue weighted by Crippen LogP contribution is -2.19. The third-order valence-electron chi connectivity index (χ3n) is 2.56. The number of benzene rings is 1. The fourth-order valence-corrected chi connectivity index (χ4v) is 3.20. The Balaban J connectivity index is 2.26. The Kier molecular flexibility index (Phi) is 4.21. The first-order valence-corrected chi connectivity index (χ1v) is 7.09. The van der Waals surface area contributed by atoms with Gasteiger partial charge in [-0.25, -0.2) is 9.18 Å². The summed E-state index contributed by atoms with van der Waals surface area (Å²) in [5, 5.41) is 12.2. The van der Waals surface area contributed by atoms with E-state index in [0.717, 1.165) is 9.35 Å². The Bertz CT molecular complexity index is 578. The van der Waals surface area contributed by atoms with E-state index < -0.39 is 12.0 Å². The minimum Gasteiger partial charge on any atom is -0.479 e. The molecule has 0 aliphatic heterocycles. The molecule has 2 N–H and O–H groups in total. The highest BCUT2D eigenvalue weighted by atomic mass is 79.9. The molecular weight excluding hydrogens is 333 g/mol. The lowest BCUT2D eigenvalue weighted by Gasteiger charge is -2.14. The van der Waals surface area contributed by atoms with Crippen molar-refractivity contribution in [1.82, 2.24) is 0 Å². The van der Waals surface area contributed by atoms with Gasteiger partial charge in [0.2, 0.25) is 0 Å². The van der Waals surface area contributed by atoms with Gasteiger partial charge in [0.15, 0.2) is 6.04 Å². The van der Waals surface area contributed by atoms with Gasteiger partial charge in [0.05, 0.1) is 0 Å². The first-order valence-electron chi connectivity index (χ1n) is 5.48. The first kappa shape index (κ1) is 14.0. The van der Waals surface area contributed by atoms with Gasteiger partial charge in [-0.15, -0.1) is 11.3 Å². The maximum Gasteiger partial charge on any atom is 0.331 e. The Morgan fingerprint density at radius 1 is 1.42 bits per heavy atom. The second-order valence-corrected chi connectivity index (χ2v) is 6.12. The van der Waals surface area contributed by atoms with E-state index in [2.05, 4.69) is 21.2 Å². The van der Waals surface area contributed by atoms with Gasteiger partial charge in [0.25, 0.3) is 0 Å². The molecule has 0 aliphatic rings. The minimum absolute atomic E-state index is 0.355. The Hall–Kier alpha value is -1.40. The van der Waals surface area contributed by atoms with Crippen molar-refractivity contribution < 1.29 is 14.3 Å². The molecule has 0 bridgehead atoms. The maximum atomic E-state index is 12.8. The number of thiophene rings is 1. The molecule has 0 spiro atoms. The largest absolute Gasteiger partial charge is 0.479 e. The van der Waals surface area contributed by atoms with Gasteiger partial charge in [-0.2, -0.15) is 0 Å². The zero-order chi connectivity index (χ0) is 14.0. The van der Waals surface area contributed by atoms with Gasteiger partial charge < -0.3 is 10.4 Å². The molecule has 0 radical (unpaired) electrons. The first-order chi connectivity index (χ1) is 8.97. The molecule has 0 aliphatic carbocycles. The van der Waals surface area contributed by atoms with Gasteiger partial charge in [-0.3, -0.25) is 0 Å². The summed E-state index contributed by atoms with van der Waals surface area (Å²) < 4.78 is 13.7. The van der Waals surface area contributed by atoms with Crippen molar-refractivity contribution in [1.29, 1.82) is 0 Å². The van der Waals surface area contributed by atoms with Gasteiger partial charge in [0, 0.05) is 19.9 Å². The quantitative estimate of drug-likeness (QED) is 0.874. The van der Waals surface area contributed by atoms with Crippen LogP contribution in [0, 0.1) is 12.7 Å². The van der Waals surface area contributed by atoms with Crippen LogP contribution in [0.1, 0.15) is 15.8 Å². The SMILES string of the molecule is Cc1sc(C(Nc2ccc(F)cc2)C(=O)O)cc1Br. The lowest BCUT2D eigenvalue weighted by molar-refractivity contribution is -0.138. The molecule has 19 heavy (non-hydrogen) atoms. The van der Waals surface area contributed by atoms with Crippen molar-refractivity contribution in [2.45, 2.75) is 13.0 Å². The molecule has 0 saturated carbocycles. The Morgan fingerprint density at radius 2 is 2.05 bits per heavy atom. The number of carboxylic acids is 1. The molecule has 0 saturated heterocycles. The summed E-state index contributed by atoms with van der Waals surface area (Å²) in [6.07, 6.45) is 0. The molecule has 1 aromatic carbocycles. The van der Waals surface area contributed by atoms with Crippen LogP contribution in [-0.2, 0) is 4.79 Å². The number of hydrogen-bond donors (Lipinski definition) is 2. The smallest absolute Gasteiger partial charge is 0.331 e. The molecule has 1 aromatic heterocycles. The summed E-state index contributed by atoms with van der Waals surface area (Å²) in [5.74, 6) is -1.33. The maximum absolute atomic E-state index is 12.8. The fraction of sp³-hybridized carbons (Fsp3) is 0.154. The van der Waals surface area contributed by atoms with E-state index in [9.17, 15) is 14.3 Å². The number of halogens is 2. The Labute approximate surface area is 122 Å². The molecule has 2 rings (SSSR count). The highest BCUT2D eigenvalue weighted by molar-refractivity contribution is 9.10. The number of anilines is 1. The summed E-state index contributed by atoms with van der Waals surface area (Å²) in [4.78, 5) is 13.1. The van der Waals surface area contributed by atoms with E-state index in [1.807, 2.05) is 6.92 Å². The van der Waals surface area contributed by atoms with Crippen LogP contribution in [0.4, 0.5) is 10.1 Å². The Morgan fingerprint density at radius 3 is 2.53 bits per heavy atom. The van der Waals surface area contributed by atoms with E-state index in [-0.39, 0.29) is 5.82 Å². The predicted molar refractivity (Wildman–Crippen MR) is 77.2 cm³/mol. The number of hydrogen-bond acceptors (Lipinski definition) is 3. The highest BCUT2D eigenvalue weighted by Gasteiger charge is 2.22. The summed E-state index contributed by atoms with van der Waals surface area (Å²) in [7, 11) is 0. The van der Waals surface area contributed by atoms with E-state index in [0.29, 0.717) is 10.6 Å². The second kappa shape index (κ2) is 5.71. The summed E-state index contributed by atoms with van der Waals surface area (Å²) in [6.45, 7) is 1.91. The molecule has 0 amide bonds. The minimum atomic E-state index is -0.974. The molecule has 3 nitrogen and oxygen atoms in total. The zero-order valence-electron chi connectivity index (χ0n) is 9.98. The van der Waals surface area contributed by atoms with E-state index in [1.54, 1.807) is 6.07 Å². The lowest BCUT2D eigenvalue weighted by atomic mass is 10.2. The standard InChI is InChI=1S/C13H11BrFNO2S/c1-7-10(14)6-11(19-7)12(13(17)18)16-9-4-2-8(15)3-5-9/h2-6,12,16H,1H3,(H,17,18). The van der Waals surface area contributed by atoms with E-state index in [1.165, 1.54) is 35.6 Å². The normalized spacial score (nSPS) is 12.2. The third-order valence-corrected chi connectivity index (χ3v) is 4.76.